The zero-order valence-electron chi connectivity index (χ0n) is 19.1. The highest BCUT2D eigenvalue weighted by Crippen LogP contribution is 2.56. The van der Waals surface area contributed by atoms with Crippen LogP contribution in [-0.2, 0) is 9.47 Å². The molecule has 7 atom stereocenters. The smallest absolute Gasteiger partial charge is 0.185 e. The van der Waals surface area contributed by atoms with Gasteiger partial charge < -0.3 is 29.9 Å². The van der Waals surface area contributed by atoms with Gasteiger partial charge in [0, 0.05) is 11.5 Å². The van der Waals surface area contributed by atoms with Crippen LogP contribution in [0.3, 0.4) is 0 Å². The van der Waals surface area contributed by atoms with Gasteiger partial charge in [-0.25, -0.2) is 0 Å². The fourth-order valence-electron chi connectivity index (χ4n) is 4.96. The number of fused-ring (bicyclic) bond motifs is 1. The zero-order chi connectivity index (χ0) is 23.2. The first-order chi connectivity index (χ1) is 15.2. The second kappa shape index (κ2) is 8.86. The minimum Gasteiger partial charge on any atom is -0.394 e. The van der Waals surface area contributed by atoms with E-state index in [0.717, 1.165) is 16.7 Å². The summed E-state index contributed by atoms with van der Waals surface area (Å²) in [5.74, 6) is 0.0334. The molecule has 0 amide bonds. The molecule has 1 saturated heterocycles. The van der Waals surface area contributed by atoms with Gasteiger partial charge in [-0.05, 0) is 28.5 Å². The van der Waals surface area contributed by atoms with E-state index in [1.165, 1.54) is 5.56 Å². The molecule has 0 spiro atoms. The van der Waals surface area contributed by atoms with E-state index in [4.69, 9.17) is 9.47 Å². The van der Waals surface area contributed by atoms with Crippen molar-refractivity contribution in [3.63, 3.8) is 0 Å². The minimum atomic E-state index is -1.67. The number of ether oxygens (including phenoxy) is 2. The predicted octanol–water partition coefficient (Wildman–Crippen LogP) is 2.96. The van der Waals surface area contributed by atoms with E-state index in [-0.39, 0.29) is 0 Å². The SMILES string of the molecule is CC(C)c1ccc(C2O[C@H]([C@H](O)CO)[C@@]3(O)C(c4ccc(C(C)C)cc4)C(O)[C@@H]3O2)cc1. The third-order valence-corrected chi connectivity index (χ3v) is 6.98. The quantitative estimate of drug-likeness (QED) is 0.549. The van der Waals surface area contributed by atoms with Crippen molar-refractivity contribution in [2.75, 3.05) is 6.61 Å². The van der Waals surface area contributed by atoms with Crippen molar-refractivity contribution in [2.24, 2.45) is 0 Å². The van der Waals surface area contributed by atoms with Crippen LogP contribution in [-0.4, -0.2) is 57.0 Å². The third-order valence-electron chi connectivity index (χ3n) is 6.98. The van der Waals surface area contributed by atoms with Crippen molar-refractivity contribution >= 4 is 0 Å². The highest BCUT2D eigenvalue weighted by molar-refractivity contribution is 5.37. The molecule has 0 bridgehead atoms. The van der Waals surface area contributed by atoms with Crippen molar-refractivity contribution in [3.8, 4) is 0 Å². The van der Waals surface area contributed by atoms with Gasteiger partial charge in [-0.3, -0.25) is 0 Å². The molecule has 0 radical (unpaired) electrons. The maximum absolute atomic E-state index is 11.7. The van der Waals surface area contributed by atoms with Crippen LogP contribution < -0.4 is 0 Å². The first-order valence-electron chi connectivity index (χ1n) is 11.4. The van der Waals surface area contributed by atoms with E-state index in [1.54, 1.807) is 0 Å². The lowest BCUT2D eigenvalue weighted by Gasteiger charge is -2.62. The van der Waals surface area contributed by atoms with E-state index < -0.39 is 48.8 Å². The first kappa shape index (κ1) is 23.4. The number of aliphatic hydroxyl groups is 4. The van der Waals surface area contributed by atoms with Crippen molar-refractivity contribution in [1.29, 1.82) is 0 Å². The van der Waals surface area contributed by atoms with Gasteiger partial charge >= 0.3 is 0 Å². The Hall–Kier alpha value is -1.80. The molecule has 1 aliphatic heterocycles. The monoisotopic (exact) mass is 442 g/mol. The van der Waals surface area contributed by atoms with Crippen molar-refractivity contribution in [1.82, 2.24) is 0 Å². The molecule has 2 aromatic rings. The van der Waals surface area contributed by atoms with Crippen LogP contribution in [0.5, 0.6) is 0 Å². The molecular formula is C26H34O6. The molecule has 4 N–H and O–H groups in total. The maximum atomic E-state index is 11.7. The fourth-order valence-corrected chi connectivity index (χ4v) is 4.96. The van der Waals surface area contributed by atoms with Crippen LogP contribution in [0, 0.1) is 0 Å². The van der Waals surface area contributed by atoms with E-state index in [1.807, 2.05) is 48.5 Å². The fraction of sp³-hybridized carbons (Fsp3) is 0.538. The van der Waals surface area contributed by atoms with Crippen LogP contribution in [0.2, 0.25) is 0 Å². The van der Waals surface area contributed by atoms with Crippen LogP contribution in [0.4, 0.5) is 0 Å². The topological polar surface area (TPSA) is 99.4 Å². The summed E-state index contributed by atoms with van der Waals surface area (Å²) in [5, 5.41) is 42.8. The van der Waals surface area contributed by atoms with Crippen LogP contribution in [0.15, 0.2) is 48.5 Å². The lowest BCUT2D eigenvalue weighted by atomic mass is 9.57. The predicted molar refractivity (Wildman–Crippen MR) is 120 cm³/mol. The van der Waals surface area contributed by atoms with Gasteiger partial charge in [-0.2, -0.15) is 0 Å². The van der Waals surface area contributed by atoms with Crippen LogP contribution >= 0.6 is 0 Å². The molecule has 32 heavy (non-hydrogen) atoms. The van der Waals surface area contributed by atoms with Crippen LogP contribution in [0.25, 0.3) is 0 Å². The van der Waals surface area contributed by atoms with Crippen LogP contribution in [0.1, 0.15) is 74.0 Å². The minimum absolute atomic E-state index is 0.361. The van der Waals surface area contributed by atoms with E-state index >= 15 is 0 Å². The van der Waals surface area contributed by atoms with Gasteiger partial charge in [0.25, 0.3) is 0 Å². The summed E-state index contributed by atoms with van der Waals surface area (Å²) >= 11 is 0. The summed E-state index contributed by atoms with van der Waals surface area (Å²) in [6.07, 6.45) is -5.24. The number of hydrogen-bond donors (Lipinski definition) is 4. The first-order valence-corrected chi connectivity index (χ1v) is 11.4. The Bertz CT molecular complexity index is 909. The lowest BCUT2D eigenvalue weighted by molar-refractivity contribution is -0.403. The molecule has 3 unspecified atom stereocenters. The van der Waals surface area contributed by atoms with Crippen molar-refractivity contribution in [2.45, 2.75) is 81.8 Å². The molecule has 4 rings (SSSR count). The van der Waals surface area contributed by atoms with Gasteiger partial charge in [0.1, 0.15) is 23.9 Å². The van der Waals surface area contributed by atoms with Crippen molar-refractivity contribution in [3.05, 3.63) is 70.8 Å². The van der Waals surface area contributed by atoms with E-state index in [9.17, 15) is 20.4 Å². The molecule has 6 heteroatoms. The normalized spacial score (nSPS) is 33.1. The Morgan fingerprint density at radius 2 is 1.34 bits per heavy atom. The average Bonchev–Trinajstić information content (AvgIpc) is 2.78. The van der Waals surface area contributed by atoms with Gasteiger partial charge in [-0.1, -0.05) is 76.2 Å². The Labute approximate surface area is 189 Å². The van der Waals surface area contributed by atoms with Gasteiger partial charge in [0.2, 0.25) is 0 Å². The van der Waals surface area contributed by atoms with Gasteiger partial charge in [0.05, 0.1) is 12.7 Å². The molecule has 2 aromatic carbocycles. The Balaban J connectivity index is 1.64. The number of rotatable bonds is 6. The molecule has 1 heterocycles. The summed E-state index contributed by atoms with van der Waals surface area (Å²) < 4.78 is 12.0. The molecular weight excluding hydrogens is 408 g/mol. The summed E-state index contributed by atoms with van der Waals surface area (Å²) in [6, 6.07) is 15.5. The molecule has 6 nitrogen and oxygen atoms in total. The van der Waals surface area contributed by atoms with E-state index in [0.29, 0.717) is 11.8 Å². The van der Waals surface area contributed by atoms with Crippen molar-refractivity contribution < 1.29 is 29.9 Å². The number of benzene rings is 2. The average molecular weight is 443 g/mol. The molecule has 1 aliphatic carbocycles. The Morgan fingerprint density at radius 3 is 1.81 bits per heavy atom. The summed E-state index contributed by atoms with van der Waals surface area (Å²) in [4.78, 5) is 0. The lowest BCUT2D eigenvalue weighted by Crippen LogP contribution is -2.78. The number of aliphatic hydroxyl groups excluding tert-OH is 3. The molecule has 2 aliphatic rings. The van der Waals surface area contributed by atoms with E-state index in [2.05, 4.69) is 27.7 Å². The Kier molecular flexibility index (Phi) is 6.47. The maximum Gasteiger partial charge on any atom is 0.185 e. The second-order valence-corrected chi connectivity index (χ2v) is 9.69. The van der Waals surface area contributed by atoms with Gasteiger partial charge in [0.15, 0.2) is 6.29 Å². The molecule has 174 valence electrons. The Morgan fingerprint density at radius 1 is 0.844 bits per heavy atom. The summed E-state index contributed by atoms with van der Waals surface area (Å²) in [5.41, 5.74) is 2.11. The summed E-state index contributed by atoms with van der Waals surface area (Å²) in [6.45, 7) is 7.83. The standard InChI is InChI=1S/C26H34O6/c1-14(2)16-5-9-18(10-6-16)21-22(29)24-26(21,30)23(20(28)13-27)31-25(32-24)19-11-7-17(8-12-19)15(3)4/h5-12,14-15,20-25,27-30H,13H2,1-4H3/t20-,21?,22?,23-,24+,25?,26+/m1/s1. The number of hydrogen-bond acceptors (Lipinski definition) is 6. The summed E-state index contributed by atoms with van der Waals surface area (Å²) in [7, 11) is 0. The molecule has 1 saturated carbocycles. The largest absolute Gasteiger partial charge is 0.394 e. The third kappa shape index (κ3) is 3.79. The zero-order valence-corrected chi connectivity index (χ0v) is 19.1. The molecule has 2 fully saturated rings. The molecule has 0 aromatic heterocycles. The highest BCUT2D eigenvalue weighted by atomic mass is 16.7. The van der Waals surface area contributed by atoms with Gasteiger partial charge in [-0.15, -0.1) is 0 Å². The second-order valence-electron chi connectivity index (χ2n) is 9.69. The highest BCUT2D eigenvalue weighted by Gasteiger charge is 2.70.